The number of amides is 2. The second-order valence-corrected chi connectivity index (χ2v) is 5.20. The molecule has 114 valence electrons. The average Bonchev–Trinajstić information content (AvgIpc) is 3.09. The number of alkyl halides is 2. The van der Waals surface area contributed by atoms with Crippen molar-refractivity contribution in [2.24, 2.45) is 0 Å². The molecule has 0 saturated heterocycles. The number of urea groups is 1. The summed E-state index contributed by atoms with van der Waals surface area (Å²) in [6.45, 7) is -0.580. The lowest BCUT2D eigenvalue weighted by atomic mass is 10.3. The molecule has 0 fully saturated rings. The Morgan fingerprint density at radius 2 is 2.24 bits per heavy atom. The van der Waals surface area contributed by atoms with Crippen molar-refractivity contribution in [3.63, 3.8) is 0 Å². The third-order valence-electron chi connectivity index (χ3n) is 2.76. The van der Waals surface area contributed by atoms with Gasteiger partial charge in [-0.2, -0.15) is 8.78 Å². The molecule has 6 nitrogen and oxygen atoms in total. The lowest BCUT2D eigenvalue weighted by Gasteiger charge is -2.12. The third-order valence-corrected chi connectivity index (χ3v) is 3.72. The molecule has 0 aliphatic heterocycles. The van der Waals surface area contributed by atoms with Crippen LogP contribution in [0.3, 0.4) is 0 Å². The number of carbonyl (C=O) groups excluding carboxylic acids is 1. The summed E-state index contributed by atoms with van der Waals surface area (Å²) in [6.07, 6.45) is 4.42. The van der Waals surface area contributed by atoms with Gasteiger partial charge in [-0.15, -0.1) is 11.3 Å². The molecule has 0 saturated carbocycles. The van der Waals surface area contributed by atoms with Crippen LogP contribution < -0.4 is 10.6 Å². The first kappa shape index (κ1) is 15.4. The lowest BCUT2D eigenvalue weighted by Crippen LogP contribution is -2.38. The van der Waals surface area contributed by atoms with E-state index in [1.807, 2.05) is 12.3 Å². The molecule has 2 amide bonds. The van der Waals surface area contributed by atoms with Gasteiger partial charge in [0.15, 0.2) is 0 Å². The molecular weight excluding hydrogens is 300 g/mol. The first-order valence-electron chi connectivity index (χ1n) is 6.31. The van der Waals surface area contributed by atoms with Crippen molar-refractivity contribution >= 4 is 17.4 Å². The van der Waals surface area contributed by atoms with Gasteiger partial charge < -0.3 is 10.6 Å². The zero-order chi connectivity index (χ0) is 15.2. The molecule has 2 heterocycles. The molecule has 0 aromatic carbocycles. The van der Waals surface area contributed by atoms with Crippen LogP contribution in [0.1, 0.15) is 30.3 Å². The van der Waals surface area contributed by atoms with Gasteiger partial charge >= 0.3 is 12.6 Å². The van der Waals surface area contributed by atoms with Crippen molar-refractivity contribution in [3.05, 3.63) is 34.8 Å². The van der Waals surface area contributed by atoms with Crippen molar-refractivity contribution in [2.75, 3.05) is 6.54 Å². The first-order valence-corrected chi connectivity index (χ1v) is 7.19. The van der Waals surface area contributed by atoms with E-state index in [0.29, 0.717) is 0 Å². The van der Waals surface area contributed by atoms with Crippen LogP contribution in [-0.2, 0) is 6.42 Å². The Labute approximate surface area is 124 Å². The first-order chi connectivity index (χ1) is 10.1. The summed E-state index contributed by atoms with van der Waals surface area (Å²) in [7, 11) is 0. The Balaban J connectivity index is 1.75. The second kappa shape index (κ2) is 7.11. The molecule has 2 N–H and O–H groups in total. The Kier molecular flexibility index (Phi) is 5.20. The number of hydrogen-bond acceptors (Lipinski definition) is 4. The number of carbonyl (C=O) groups is 1. The molecule has 0 aliphatic carbocycles. The zero-order valence-corrected chi connectivity index (χ0v) is 12.1. The Bertz CT molecular complexity index is 572. The van der Waals surface area contributed by atoms with Gasteiger partial charge in [0.1, 0.15) is 10.8 Å². The fourth-order valence-corrected chi connectivity index (χ4v) is 2.41. The predicted molar refractivity (Wildman–Crippen MR) is 74.2 cm³/mol. The highest BCUT2D eigenvalue weighted by atomic mass is 32.1. The van der Waals surface area contributed by atoms with E-state index >= 15 is 0 Å². The molecule has 0 aliphatic rings. The van der Waals surface area contributed by atoms with Gasteiger partial charge in [0.05, 0.1) is 6.04 Å². The molecule has 0 spiro atoms. The number of halogens is 2. The summed E-state index contributed by atoms with van der Waals surface area (Å²) in [6, 6.07) is -0.569. The molecular formula is C12H15F2N5OS. The van der Waals surface area contributed by atoms with Gasteiger partial charge in [-0.25, -0.2) is 14.8 Å². The molecule has 9 heteroatoms. The fraction of sp³-hybridized carbons (Fsp3) is 0.417. The van der Waals surface area contributed by atoms with Gasteiger partial charge in [0.25, 0.3) is 0 Å². The summed E-state index contributed by atoms with van der Waals surface area (Å²) in [4.78, 5) is 19.6. The fourth-order valence-electron chi connectivity index (χ4n) is 1.76. The van der Waals surface area contributed by atoms with Crippen molar-refractivity contribution in [1.29, 1.82) is 0 Å². The smallest absolute Gasteiger partial charge is 0.319 e. The molecule has 0 radical (unpaired) electrons. The number of nitrogens with zero attached hydrogens (tertiary/aromatic N) is 3. The minimum absolute atomic E-state index is 0.201. The van der Waals surface area contributed by atoms with Crippen LogP contribution in [0.4, 0.5) is 13.6 Å². The highest BCUT2D eigenvalue weighted by Crippen LogP contribution is 2.14. The normalized spacial score (nSPS) is 12.4. The lowest BCUT2D eigenvalue weighted by molar-refractivity contribution is 0.0670. The van der Waals surface area contributed by atoms with Crippen LogP contribution in [0.15, 0.2) is 24.0 Å². The minimum Gasteiger partial charge on any atom is -0.338 e. The zero-order valence-electron chi connectivity index (χ0n) is 11.3. The van der Waals surface area contributed by atoms with E-state index < -0.39 is 6.55 Å². The Morgan fingerprint density at radius 3 is 2.90 bits per heavy atom. The third kappa shape index (κ3) is 4.22. The molecule has 0 bridgehead atoms. The van der Waals surface area contributed by atoms with E-state index in [0.717, 1.165) is 9.57 Å². The van der Waals surface area contributed by atoms with E-state index in [1.165, 1.54) is 23.7 Å². The van der Waals surface area contributed by atoms with E-state index in [4.69, 9.17) is 0 Å². The molecule has 21 heavy (non-hydrogen) atoms. The number of thiazole rings is 1. The largest absolute Gasteiger partial charge is 0.338 e. The van der Waals surface area contributed by atoms with Crippen LogP contribution in [0.25, 0.3) is 0 Å². The molecule has 2 aromatic rings. The molecule has 0 unspecified atom stereocenters. The van der Waals surface area contributed by atoms with E-state index in [2.05, 4.69) is 20.6 Å². The number of hydrogen-bond donors (Lipinski definition) is 2. The highest BCUT2D eigenvalue weighted by molar-refractivity contribution is 7.09. The van der Waals surface area contributed by atoms with Crippen molar-refractivity contribution in [3.8, 4) is 0 Å². The predicted octanol–water partition coefficient (Wildman–Crippen LogP) is 2.34. The van der Waals surface area contributed by atoms with Gasteiger partial charge in [0, 0.05) is 36.9 Å². The van der Waals surface area contributed by atoms with Crippen LogP contribution >= 0.6 is 11.3 Å². The van der Waals surface area contributed by atoms with Gasteiger partial charge in [0.2, 0.25) is 0 Å². The molecule has 2 rings (SSSR count). The topological polar surface area (TPSA) is 71.8 Å². The molecule has 1 atom stereocenters. The van der Waals surface area contributed by atoms with Crippen molar-refractivity contribution < 1.29 is 13.6 Å². The number of imidazole rings is 1. The number of nitrogens with one attached hydrogen (secondary N) is 2. The quantitative estimate of drug-likeness (QED) is 0.859. The summed E-state index contributed by atoms with van der Waals surface area (Å²) in [5.41, 5.74) is 0. The average molecular weight is 315 g/mol. The maximum Gasteiger partial charge on any atom is 0.319 e. The summed E-state index contributed by atoms with van der Waals surface area (Å²) in [5.74, 6) is 0.235. The van der Waals surface area contributed by atoms with E-state index in [-0.39, 0.29) is 30.9 Å². The highest BCUT2D eigenvalue weighted by Gasteiger charge is 2.13. The molecule has 2 aromatic heterocycles. The van der Waals surface area contributed by atoms with Gasteiger partial charge in [-0.1, -0.05) is 0 Å². The summed E-state index contributed by atoms with van der Waals surface area (Å²) >= 11 is 1.45. The summed E-state index contributed by atoms with van der Waals surface area (Å²) in [5, 5.41) is 7.96. The standard InChI is InChI=1S/C12H15F2N5OS/c1-8(10-16-5-7-21-10)18-12(20)17-3-2-9-15-4-6-19(9)11(13)14/h4-8,11H,2-3H2,1H3,(H2,17,18,20)/t8-/m0/s1. The monoisotopic (exact) mass is 315 g/mol. The Hall–Kier alpha value is -2.03. The maximum atomic E-state index is 12.6. The maximum absolute atomic E-state index is 12.6. The van der Waals surface area contributed by atoms with Crippen molar-refractivity contribution in [2.45, 2.75) is 25.9 Å². The van der Waals surface area contributed by atoms with Crippen LogP contribution in [-0.4, -0.2) is 27.1 Å². The van der Waals surface area contributed by atoms with Crippen molar-refractivity contribution in [1.82, 2.24) is 25.2 Å². The number of aromatic nitrogens is 3. The summed E-state index contributed by atoms with van der Waals surface area (Å²) < 4.78 is 26.0. The van der Waals surface area contributed by atoms with Crippen LogP contribution in [0.2, 0.25) is 0 Å². The van der Waals surface area contributed by atoms with Crippen LogP contribution in [0.5, 0.6) is 0 Å². The van der Waals surface area contributed by atoms with Crippen LogP contribution in [0, 0.1) is 0 Å². The second-order valence-electron chi connectivity index (χ2n) is 4.27. The number of rotatable bonds is 6. The van der Waals surface area contributed by atoms with Gasteiger partial charge in [-0.3, -0.25) is 4.57 Å². The van der Waals surface area contributed by atoms with Gasteiger partial charge in [-0.05, 0) is 6.92 Å². The van der Waals surface area contributed by atoms with E-state index in [1.54, 1.807) is 6.20 Å². The minimum atomic E-state index is -2.62. The SMILES string of the molecule is C[C@H](NC(=O)NCCc1nccn1C(F)F)c1nccs1. The van der Waals surface area contributed by atoms with E-state index in [9.17, 15) is 13.6 Å². The Morgan fingerprint density at radius 1 is 1.43 bits per heavy atom.